The third kappa shape index (κ3) is 6.29. The molecule has 0 aromatic heterocycles. The summed E-state index contributed by atoms with van der Waals surface area (Å²) in [7, 11) is 1.85. The number of aliphatic imine (C=N–C) groups is 1. The molecule has 2 rings (SSSR count). The summed E-state index contributed by atoms with van der Waals surface area (Å²) < 4.78 is 5.62. The molecule has 0 aromatic carbocycles. The van der Waals surface area contributed by atoms with Gasteiger partial charge in [0.1, 0.15) is 0 Å². The van der Waals surface area contributed by atoms with E-state index in [0.29, 0.717) is 12.1 Å². The molecule has 0 aromatic rings. The lowest BCUT2D eigenvalue weighted by molar-refractivity contribution is 0.105. The number of rotatable bonds is 4. The lowest BCUT2D eigenvalue weighted by Crippen LogP contribution is -2.44. The summed E-state index contributed by atoms with van der Waals surface area (Å²) >= 11 is 0. The van der Waals surface area contributed by atoms with Crippen LogP contribution in [-0.2, 0) is 4.74 Å². The number of nitrogens with one attached hydrogen (secondary N) is 2. The molecule has 0 spiro atoms. The molecule has 5 heteroatoms. The second kappa shape index (κ2) is 9.80. The molecular formula is C14H28IN3O. The first-order chi connectivity index (χ1) is 8.88. The molecule has 1 aliphatic carbocycles. The summed E-state index contributed by atoms with van der Waals surface area (Å²) in [4.78, 5) is 4.30. The molecule has 0 amide bonds. The first-order valence-electron chi connectivity index (χ1n) is 7.47. The van der Waals surface area contributed by atoms with Gasteiger partial charge in [-0.05, 0) is 32.1 Å². The number of hydrogen-bond acceptors (Lipinski definition) is 2. The van der Waals surface area contributed by atoms with Gasteiger partial charge in [0.15, 0.2) is 5.96 Å². The van der Waals surface area contributed by atoms with Crippen molar-refractivity contribution in [3.8, 4) is 0 Å². The van der Waals surface area contributed by atoms with Crippen LogP contribution in [0, 0.1) is 0 Å². The molecule has 1 atom stereocenters. The Morgan fingerprint density at radius 1 is 1.16 bits per heavy atom. The smallest absolute Gasteiger partial charge is 0.191 e. The zero-order chi connectivity index (χ0) is 12.6. The van der Waals surface area contributed by atoms with Crippen molar-refractivity contribution in [2.75, 3.05) is 20.2 Å². The molecule has 0 radical (unpaired) electrons. The highest BCUT2D eigenvalue weighted by Crippen LogP contribution is 2.17. The van der Waals surface area contributed by atoms with E-state index >= 15 is 0 Å². The van der Waals surface area contributed by atoms with E-state index in [9.17, 15) is 0 Å². The predicted molar refractivity (Wildman–Crippen MR) is 90.4 cm³/mol. The highest BCUT2D eigenvalue weighted by atomic mass is 127. The molecule has 0 bridgehead atoms. The minimum atomic E-state index is 0. The quantitative estimate of drug-likeness (QED) is 0.447. The van der Waals surface area contributed by atoms with Crippen molar-refractivity contribution in [2.45, 2.75) is 63.5 Å². The molecule has 2 aliphatic rings. The zero-order valence-electron chi connectivity index (χ0n) is 12.0. The van der Waals surface area contributed by atoms with Gasteiger partial charge in [0.25, 0.3) is 0 Å². The van der Waals surface area contributed by atoms with Crippen LogP contribution < -0.4 is 10.6 Å². The fraction of sp³-hybridized carbons (Fsp3) is 0.929. The SMILES string of the molecule is CN=C(NCCC1CCCO1)NC1CCCCC1.I. The van der Waals surface area contributed by atoms with Crippen LogP contribution in [0.4, 0.5) is 0 Å². The number of nitrogens with zero attached hydrogens (tertiary/aromatic N) is 1. The fourth-order valence-corrected chi connectivity index (χ4v) is 2.86. The molecule has 19 heavy (non-hydrogen) atoms. The van der Waals surface area contributed by atoms with Crippen LogP contribution in [0.25, 0.3) is 0 Å². The summed E-state index contributed by atoms with van der Waals surface area (Å²) in [5.41, 5.74) is 0. The number of halogens is 1. The Bertz CT molecular complexity index is 261. The highest BCUT2D eigenvalue weighted by molar-refractivity contribution is 14.0. The predicted octanol–water partition coefficient (Wildman–Crippen LogP) is 2.67. The maximum atomic E-state index is 5.62. The Balaban J connectivity index is 0.00000180. The lowest BCUT2D eigenvalue weighted by Gasteiger charge is -2.25. The number of hydrogen-bond donors (Lipinski definition) is 2. The minimum absolute atomic E-state index is 0. The Kier molecular flexibility index (Phi) is 8.77. The van der Waals surface area contributed by atoms with Crippen LogP contribution in [0.5, 0.6) is 0 Å². The monoisotopic (exact) mass is 381 g/mol. The summed E-state index contributed by atoms with van der Waals surface area (Å²) in [6.07, 6.45) is 10.7. The van der Waals surface area contributed by atoms with Crippen LogP contribution in [0.15, 0.2) is 4.99 Å². The lowest BCUT2D eigenvalue weighted by atomic mass is 9.96. The molecule has 1 saturated carbocycles. The van der Waals surface area contributed by atoms with E-state index < -0.39 is 0 Å². The second-order valence-electron chi connectivity index (χ2n) is 5.40. The van der Waals surface area contributed by atoms with Crippen molar-refractivity contribution in [1.29, 1.82) is 0 Å². The minimum Gasteiger partial charge on any atom is -0.378 e. The fourth-order valence-electron chi connectivity index (χ4n) is 2.86. The van der Waals surface area contributed by atoms with E-state index in [-0.39, 0.29) is 24.0 Å². The Morgan fingerprint density at radius 2 is 1.95 bits per heavy atom. The van der Waals surface area contributed by atoms with E-state index in [2.05, 4.69) is 15.6 Å². The van der Waals surface area contributed by atoms with E-state index in [4.69, 9.17) is 4.74 Å². The van der Waals surface area contributed by atoms with Crippen molar-refractivity contribution in [2.24, 2.45) is 4.99 Å². The maximum Gasteiger partial charge on any atom is 0.191 e. The van der Waals surface area contributed by atoms with Gasteiger partial charge < -0.3 is 15.4 Å². The standard InChI is InChI=1S/C14H27N3O.HI/c1-15-14(17-12-6-3-2-4-7-12)16-10-9-13-8-5-11-18-13;/h12-13H,2-11H2,1H3,(H2,15,16,17);1H. The van der Waals surface area contributed by atoms with Gasteiger partial charge in [-0.15, -0.1) is 24.0 Å². The van der Waals surface area contributed by atoms with E-state index in [0.717, 1.165) is 25.5 Å². The Hall–Kier alpha value is -0.0400. The van der Waals surface area contributed by atoms with Gasteiger partial charge in [-0.3, -0.25) is 4.99 Å². The third-order valence-corrected chi connectivity index (χ3v) is 3.95. The maximum absolute atomic E-state index is 5.62. The average Bonchev–Trinajstić information content (AvgIpc) is 2.92. The normalized spacial score (nSPS) is 24.9. The molecule has 1 saturated heterocycles. The molecule has 1 heterocycles. The second-order valence-corrected chi connectivity index (χ2v) is 5.40. The van der Waals surface area contributed by atoms with Gasteiger partial charge in [-0.1, -0.05) is 19.3 Å². The molecule has 112 valence electrons. The van der Waals surface area contributed by atoms with Crippen molar-refractivity contribution in [3.63, 3.8) is 0 Å². The molecule has 2 N–H and O–H groups in total. The Labute approximate surface area is 134 Å². The van der Waals surface area contributed by atoms with E-state index in [1.54, 1.807) is 0 Å². The highest BCUT2D eigenvalue weighted by Gasteiger charge is 2.16. The van der Waals surface area contributed by atoms with Gasteiger partial charge in [-0.25, -0.2) is 0 Å². The summed E-state index contributed by atoms with van der Waals surface area (Å²) in [6, 6.07) is 0.618. The van der Waals surface area contributed by atoms with Gasteiger partial charge in [0.05, 0.1) is 6.10 Å². The van der Waals surface area contributed by atoms with E-state index in [1.165, 1.54) is 44.9 Å². The van der Waals surface area contributed by atoms with Crippen LogP contribution >= 0.6 is 24.0 Å². The molecule has 1 unspecified atom stereocenters. The van der Waals surface area contributed by atoms with Gasteiger partial charge in [-0.2, -0.15) is 0 Å². The molecule has 4 nitrogen and oxygen atoms in total. The summed E-state index contributed by atoms with van der Waals surface area (Å²) in [5, 5.41) is 6.93. The average molecular weight is 381 g/mol. The van der Waals surface area contributed by atoms with E-state index in [1.807, 2.05) is 7.05 Å². The zero-order valence-corrected chi connectivity index (χ0v) is 14.3. The number of guanidine groups is 1. The third-order valence-electron chi connectivity index (χ3n) is 3.95. The van der Waals surface area contributed by atoms with Gasteiger partial charge in [0.2, 0.25) is 0 Å². The van der Waals surface area contributed by atoms with Crippen molar-refractivity contribution in [1.82, 2.24) is 10.6 Å². The Morgan fingerprint density at radius 3 is 2.58 bits per heavy atom. The summed E-state index contributed by atoms with van der Waals surface area (Å²) in [5.74, 6) is 0.958. The molecular weight excluding hydrogens is 353 g/mol. The first-order valence-corrected chi connectivity index (χ1v) is 7.47. The van der Waals surface area contributed by atoms with Crippen LogP contribution in [0.2, 0.25) is 0 Å². The number of ether oxygens (including phenoxy) is 1. The van der Waals surface area contributed by atoms with Gasteiger partial charge in [0, 0.05) is 26.2 Å². The van der Waals surface area contributed by atoms with Crippen LogP contribution in [0.3, 0.4) is 0 Å². The molecule has 2 fully saturated rings. The van der Waals surface area contributed by atoms with Crippen molar-refractivity contribution in [3.05, 3.63) is 0 Å². The largest absolute Gasteiger partial charge is 0.378 e. The van der Waals surface area contributed by atoms with Crippen molar-refractivity contribution >= 4 is 29.9 Å². The summed E-state index contributed by atoms with van der Waals surface area (Å²) in [6.45, 7) is 1.90. The van der Waals surface area contributed by atoms with Gasteiger partial charge >= 0.3 is 0 Å². The first kappa shape index (κ1) is 17.0. The van der Waals surface area contributed by atoms with Crippen LogP contribution in [0.1, 0.15) is 51.4 Å². The topological polar surface area (TPSA) is 45.7 Å². The van der Waals surface area contributed by atoms with Crippen LogP contribution in [-0.4, -0.2) is 38.3 Å². The van der Waals surface area contributed by atoms with Crippen molar-refractivity contribution < 1.29 is 4.74 Å². The molecule has 1 aliphatic heterocycles.